The van der Waals surface area contributed by atoms with E-state index in [1.165, 1.54) is 4.57 Å². The number of hydrogen-bond donors (Lipinski definition) is 3. The van der Waals surface area contributed by atoms with Gasteiger partial charge in [-0.15, -0.1) is 0 Å². The Bertz CT molecular complexity index is 816. The van der Waals surface area contributed by atoms with Crippen LogP contribution in [0.15, 0.2) is 29.1 Å². The largest absolute Gasteiger partial charge is 0.481 e. The Balaban J connectivity index is 1.70. The number of aromatic nitrogens is 2. The number of H-pyrrole nitrogens is 1. The van der Waals surface area contributed by atoms with Gasteiger partial charge in [-0.25, -0.2) is 4.79 Å². The second kappa shape index (κ2) is 6.48. The number of amides is 1. The van der Waals surface area contributed by atoms with Crippen molar-refractivity contribution in [3.8, 4) is 0 Å². The minimum absolute atomic E-state index is 0.0294. The van der Waals surface area contributed by atoms with Gasteiger partial charge in [0.05, 0.1) is 16.4 Å². The van der Waals surface area contributed by atoms with Crippen molar-refractivity contribution in [3.05, 3.63) is 34.7 Å². The fraction of sp³-hybridized carbons (Fsp3) is 0.438. The Labute approximate surface area is 137 Å². The van der Waals surface area contributed by atoms with E-state index in [0.717, 1.165) is 0 Å². The number of fused-ring (bicyclic) bond motifs is 1. The summed E-state index contributed by atoms with van der Waals surface area (Å²) in [5.74, 6) is -1.33. The molecular formula is C16H19N3O5. The first-order valence-corrected chi connectivity index (χ1v) is 7.77. The Morgan fingerprint density at radius 1 is 1.29 bits per heavy atom. The topological polar surface area (TPSA) is 113 Å². The van der Waals surface area contributed by atoms with Crippen LogP contribution in [0.2, 0.25) is 0 Å². The highest BCUT2D eigenvalue weighted by molar-refractivity contribution is 5.81. The lowest BCUT2D eigenvalue weighted by atomic mass is 9.80. The van der Waals surface area contributed by atoms with E-state index in [9.17, 15) is 19.5 Å². The summed E-state index contributed by atoms with van der Waals surface area (Å²) in [7, 11) is 0. The first kappa shape index (κ1) is 16.3. The highest BCUT2D eigenvalue weighted by atomic mass is 16.5. The summed E-state index contributed by atoms with van der Waals surface area (Å²) in [6.45, 7) is 0.602. The molecule has 128 valence electrons. The van der Waals surface area contributed by atoms with E-state index in [-0.39, 0.29) is 18.8 Å². The molecule has 1 aromatic carbocycles. The van der Waals surface area contributed by atoms with Crippen LogP contribution in [0.5, 0.6) is 0 Å². The van der Waals surface area contributed by atoms with Crippen LogP contribution in [0.1, 0.15) is 12.8 Å². The fourth-order valence-electron chi connectivity index (χ4n) is 2.96. The molecular weight excluding hydrogens is 314 g/mol. The summed E-state index contributed by atoms with van der Waals surface area (Å²) in [5, 5.41) is 12.1. The second-order valence-electron chi connectivity index (χ2n) is 6.01. The first-order chi connectivity index (χ1) is 11.5. The van der Waals surface area contributed by atoms with Crippen molar-refractivity contribution in [3.63, 3.8) is 0 Å². The molecule has 0 unspecified atom stereocenters. The summed E-state index contributed by atoms with van der Waals surface area (Å²) in [6, 6.07) is 7.08. The Hall–Kier alpha value is -2.61. The van der Waals surface area contributed by atoms with Gasteiger partial charge in [-0.05, 0) is 25.0 Å². The number of para-hydroxylation sites is 2. The van der Waals surface area contributed by atoms with Gasteiger partial charge in [0.2, 0.25) is 5.91 Å². The van der Waals surface area contributed by atoms with E-state index < -0.39 is 17.3 Å². The number of hydrogen-bond acceptors (Lipinski definition) is 4. The van der Waals surface area contributed by atoms with Gasteiger partial charge < -0.3 is 20.1 Å². The third-order valence-corrected chi connectivity index (χ3v) is 4.51. The number of ether oxygens (including phenoxy) is 1. The van der Waals surface area contributed by atoms with Gasteiger partial charge in [0.15, 0.2) is 0 Å². The Morgan fingerprint density at radius 2 is 2.00 bits per heavy atom. The predicted molar refractivity (Wildman–Crippen MR) is 85.7 cm³/mol. The summed E-state index contributed by atoms with van der Waals surface area (Å²) >= 11 is 0. The number of benzene rings is 1. The van der Waals surface area contributed by atoms with Gasteiger partial charge in [0.25, 0.3) is 0 Å². The third-order valence-electron chi connectivity index (χ3n) is 4.51. The molecule has 3 N–H and O–H groups in total. The molecule has 2 heterocycles. The van der Waals surface area contributed by atoms with Crippen molar-refractivity contribution >= 4 is 22.9 Å². The second-order valence-corrected chi connectivity index (χ2v) is 6.01. The molecule has 1 aliphatic heterocycles. The minimum Gasteiger partial charge on any atom is -0.481 e. The monoisotopic (exact) mass is 333 g/mol. The summed E-state index contributed by atoms with van der Waals surface area (Å²) in [6.07, 6.45) is 0.714. The van der Waals surface area contributed by atoms with Crippen LogP contribution >= 0.6 is 0 Å². The van der Waals surface area contributed by atoms with E-state index in [4.69, 9.17) is 4.74 Å². The third kappa shape index (κ3) is 3.05. The van der Waals surface area contributed by atoms with Crippen LogP contribution in [-0.4, -0.2) is 46.3 Å². The molecule has 0 spiro atoms. The lowest BCUT2D eigenvalue weighted by molar-refractivity contribution is -0.154. The highest BCUT2D eigenvalue weighted by Gasteiger charge is 2.40. The van der Waals surface area contributed by atoms with Gasteiger partial charge in [0, 0.05) is 19.8 Å². The zero-order chi connectivity index (χ0) is 17.2. The normalized spacial score (nSPS) is 16.8. The molecule has 0 radical (unpaired) electrons. The number of carboxylic acids is 1. The molecule has 3 rings (SSSR count). The van der Waals surface area contributed by atoms with Gasteiger partial charge >= 0.3 is 11.7 Å². The number of nitrogens with one attached hydrogen (secondary N) is 2. The smallest absolute Gasteiger partial charge is 0.326 e. The Kier molecular flexibility index (Phi) is 4.39. The molecule has 1 aromatic heterocycles. The summed E-state index contributed by atoms with van der Waals surface area (Å²) in [5.41, 5.74) is -0.0808. The standard InChI is InChI=1S/C16H19N3O5/c20-13(17-10-16(14(21)22)5-7-24-8-6-16)9-19-12-4-2-1-3-11(12)18-15(19)23/h1-4H,5-10H2,(H,17,20)(H,18,23)(H,21,22). The van der Waals surface area contributed by atoms with Crippen LogP contribution in [-0.2, 0) is 20.9 Å². The first-order valence-electron chi connectivity index (χ1n) is 7.77. The molecule has 1 saturated heterocycles. The zero-order valence-electron chi connectivity index (χ0n) is 13.1. The number of carbonyl (C=O) groups is 2. The van der Waals surface area contributed by atoms with Crippen LogP contribution in [0.25, 0.3) is 11.0 Å². The molecule has 8 nitrogen and oxygen atoms in total. The van der Waals surface area contributed by atoms with Gasteiger partial charge in [-0.1, -0.05) is 12.1 Å². The Morgan fingerprint density at radius 3 is 2.71 bits per heavy atom. The average molecular weight is 333 g/mol. The number of nitrogens with zero attached hydrogens (tertiary/aromatic N) is 1. The van der Waals surface area contributed by atoms with Crippen molar-refractivity contribution in [1.82, 2.24) is 14.9 Å². The lowest BCUT2D eigenvalue weighted by Gasteiger charge is -2.33. The number of carboxylic acid groups (broad SMARTS) is 1. The number of rotatable bonds is 5. The molecule has 0 atom stereocenters. The SMILES string of the molecule is O=C(Cn1c(=O)[nH]c2ccccc21)NCC1(C(=O)O)CCOCC1. The van der Waals surface area contributed by atoms with Crippen molar-refractivity contribution in [2.45, 2.75) is 19.4 Å². The van der Waals surface area contributed by atoms with E-state index >= 15 is 0 Å². The fourth-order valence-corrected chi connectivity index (χ4v) is 2.96. The number of aromatic amines is 1. The van der Waals surface area contributed by atoms with Gasteiger partial charge in [0.1, 0.15) is 6.54 Å². The molecule has 8 heteroatoms. The molecule has 0 bridgehead atoms. The zero-order valence-corrected chi connectivity index (χ0v) is 13.1. The summed E-state index contributed by atoms with van der Waals surface area (Å²) in [4.78, 5) is 38.4. The number of aliphatic carboxylic acids is 1. The van der Waals surface area contributed by atoms with Crippen LogP contribution < -0.4 is 11.0 Å². The molecule has 1 fully saturated rings. The molecule has 2 aromatic rings. The molecule has 1 aliphatic rings. The van der Waals surface area contributed by atoms with Crippen molar-refractivity contribution < 1.29 is 19.4 Å². The average Bonchev–Trinajstić information content (AvgIpc) is 2.89. The van der Waals surface area contributed by atoms with Crippen LogP contribution in [0, 0.1) is 5.41 Å². The van der Waals surface area contributed by atoms with E-state index in [1.54, 1.807) is 24.3 Å². The minimum atomic E-state index is -1.00. The lowest BCUT2D eigenvalue weighted by Crippen LogP contribution is -2.47. The molecule has 0 saturated carbocycles. The van der Waals surface area contributed by atoms with E-state index in [2.05, 4.69) is 10.3 Å². The van der Waals surface area contributed by atoms with E-state index in [1.807, 2.05) is 0 Å². The predicted octanol–water partition coefficient (Wildman–Crippen LogP) is 0.327. The molecule has 0 aliphatic carbocycles. The van der Waals surface area contributed by atoms with Crippen LogP contribution in [0.4, 0.5) is 0 Å². The van der Waals surface area contributed by atoms with Crippen molar-refractivity contribution in [2.24, 2.45) is 5.41 Å². The highest BCUT2D eigenvalue weighted by Crippen LogP contribution is 2.30. The van der Waals surface area contributed by atoms with Gasteiger partial charge in [-0.3, -0.25) is 14.2 Å². The summed E-state index contributed by atoms with van der Waals surface area (Å²) < 4.78 is 6.54. The molecule has 24 heavy (non-hydrogen) atoms. The van der Waals surface area contributed by atoms with Crippen molar-refractivity contribution in [1.29, 1.82) is 0 Å². The maximum absolute atomic E-state index is 12.2. The quantitative estimate of drug-likeness (QED) is 0.729. The number of carbonyl (C=O) groups excluding carboxylic acids is 1. The van der Waals surface area contributed by atoms with Crippen molar-refractivity contribution in [2.75, 3.05) is 19.8 Å². The van der Waals surface area contributed by atoms with Gasteiger partial charge in [-0.2, -0.15) is 0 Å². The maximum atomic E-state index is 12.2. The van der Waals surface area contributed by atoms with E-state index in [0.29, 0.717) is 37.1 Å². The molecule has 1 amide bonds. The maximum Gasteiger partial charge on any atom is 0.326 e. The number of imidazole rings is 1. The van der Waals surface area contributed by atoms with Crippen LogP contribution in [0.3, 0.4) is 0 Å².